The van der Waals surface area contributed by atoms with E-state index in [0.717, 1.165) is 10.1 Å². The first-order valence-electron chi connectivity index (χ1n) is 4.81. The third-order valence-electron chi connectivity index (χ3n) is 2.59. The fourth-order valence-corrected chi connectivity index (χ4v) is 1.62. The Morgan fingerprint density at radius 3 is 2.62 bits per heavy atom. The lowest BCUT2D eigenvalue weighted by molar-refractivity contribution is 0.707. The van der Waals surface area contributed by atoms with E-state index < -0.39 is 0 Å². The monoisotopic (exact) mass is 220 g/mol. The molecule has 84 valence electrons. The molecule has 0 amide bonds. The first kappa shape index (κ1) is 10.6. The van der Waals surface area contributed by atoms with Crippen LogP contribution in [0.5, 0.6) is 0 Å². The molecule has 0 aliphatic heterocycles. The van der Waals surface area contributed by atoms with Crippen molar-refractivity contribution in [3.8, 4) is 0 Å². The van der Waals surface area contributed by atoms with Crippen molar-refractivity contribution in [1.82, 2.24) is 14.1 Å². The molecule has 0 aromatic carbocycles. The Bertz CT molecular complexity index is 669. The van der Waals surface area contributed by atoms with Gasteiger partial charge in [0.15, 0.2) is 0 Å². The quantitative estimate of drug-likeness (QED) is 0.674. The van der Waals surface area contributed by atoms with Gasteiger partial charge < -0.3 is 5.73 Å². The molecule has 6 heteroatoms. The summed E-state index contributed by atoms with van der Waals surface area (Å²) in [5.74, 6) is 0. The maximum absolute atomic E-state index is 11.8. The van der Waals surface area contributed by atoms with Crippen molar-refractivity contribution in [2.24, 2.45) is 19.8 Å². The molecule has 0 atom stereocenters. The molecule has 0 saturated carbocycles. The highest BCUT2D eigenvalue weighted by Gasteiger charge is 2.09. The summed E-state index contributed by atoms with van der Waals surface area (Å²) in [5, 5.41) is 0.410. The Morgan fingerprint density at radius 2 is 2.00 bits per heavy atom. The van der Waals surface area contributed by atoms with Crippen LogP contribution in [0, 0.1) is 0 Å². The van der Waals surface area contributed by atoms with Crippen molar-refractivity contribution < 1.29 is 0 Å². The van der Waals surface area contributed by atoms with Crippen molar-refractivity contribution in [1.29, 1.82) is 0 Å². The van der Waals surface area contributed by atoms with Crippen LogP contribution in [0.1, 0.15) is 5.56 Å². The van der Waals surface area contributed by atoms with Gasteiger partial charge in [-0.25, -0.2) is 9.78 Å². The Balaban J connectivity index is 3.03. The number of hydrogen-bond acceptors (Lipinski definition) is 4. The fraction of sp³-hybridized carbons (Fsp3) is 0.300. The third kappa shape index (κ3) is 1.35. The molecule has 0 bridgehead atoms. The molecule has 2 heterocycles. The lowest BCUT2D eigenvalue weighted by Crippen LogP contribution is -2.37. The lowest BCUT2D eigenvalue weighted by atomic mass is 10.2. The van der Waals surface area contributed by atoms with Crippen molar-refractivity contribution in [3.05, 3.63) is 38.7 Å². The molecule has 0 saturated heterocycles. The number of aromatic nitrogens is 3. The SMILES string of the molecule is Cn1c(=O)c2cc(CN)cnc2n(C)c1=O. The van der Waals surface area contributed by atoms with Gasteiger partial charge in [-0.1, -0.05) is 0 Å². The van der Waals surface area contributed by atoms with Gasteiger partial charge in [0.05, 0.1) is 5.39 Å². The van der Waals surface area contributed by atoms with Crippen molar-refractivity contribution in [3.63, 3.8) is 0 Å². The van der Waals surface area contributed by atoms with Crippen LogP contribution < -0.4 is 17.0 Å². The zero-order valence-corrected chi connectivity index (χ0v) is 9.10. The van der Waals surface area contributed by atoms with Gasteiger partial charge in [-0.3, -0.25) is 13.9 Å². The third-order valence-corrected chi connectivity index (χ3v) is 2.59. The second-order valence-electron chi connectivity index (χ2n) is 3.62. The molecule has 2 aromatic rings. The normalized spacial score (nSPS) is 10.9. The molecule has 2 N–H and O–H groups in total. The van der Waals surface area contributed by atoms with Crippen LogP contribution in [0.25, 0.3) is 11.0 Å². The minimum Gasteiger partial charge on any atom is -0.326 e. The smallest absolute Gasteiger partial charge is 0.326 e. The van der Waals surface area contributed by atoms with Crippen LogP contribution in [0.15, 0.2) is 21.9 Å². The maximum Gasteiger partial charge on any atom is 0.332 e. The summed E-state index contributed by atoms with van der Waals surface area (Å²) in [6.45, 7) is 0.314. The number of aryl methyl sites for hydroxylation is 1. The van der Waals surface area contributed by atoms with E-state index in [1.54, 1.807) is 19.3 Å². The van der Waals surface area contributed by atoms with Crippen LogP contribution in [-0.2, 0) is 20.6 Å². The first-order valence-corrected chi connectivity index (χ1v) is 4.81. The Labute approximate surface area is 90.9 Å². The predicted octanol–water partition coefficient (Wildman–Crippen LogP) is -0.909. The van der Waals surface area contributed by atoms with E-state index in [1.165, 1.54) is 11.6 Å². The van der Waals surface area contributed by atoms with Crippen LogP contribution in [0.4, 0.5) is 0 Å². The number of nitrogens with two attached hydrogens (primary N) is 1. The summed E-state index contributed by atoms with van der Waals surface area (Å²) < 4.78 is 2.40. The fourth-order valence-electron chi connectivity index (χ4n) is 1.62. The number of fused-ring (bicyclic) bond motifs is 1. The molecule has 0 unspecified atom stereocenters. The van der Waals surface area contributed by atoms with Gasteiger partial charge in [-0.15, -0.1) is 0 Å². The van der Waals surface area contributed by atoms with E-state index in [0.29, 0.717) is 17.6 Å². The van der Waals surface area contributed by atoms with E-state index in [1.807, 2.05) is 0 Å². The summed E-state index contributed by atoms with van der Waals surface area (Å²) in [5.41, 5.74) is 5.90. The molecule has 6 nitrogen and oxygen atoms in total. The van der Waals surface area contributed by atoms with Crippen LogP contribution in [0.3, 0.4) is 0 Å². The highest BCUT2D eigenvalue weighted by molar-refractivity contribution is 5.74. The van der Waals surface area contributed by atoms with Crippen molar-refractivity contribution in [2.75, 3.05) is 0 Å². The zero-order valence-electron chi connectivity index (χ0n) is 9.10. The Kier molecular flexibility index (Phi) is 2.35. The molecular formula is C10H12N4O2. The van der Waals surface area contributed by atoms with E-state index in [4.69, 9.17) is 5.73 Å². The summed E-state index contributed by atoms with van der Waals surface area (Å²) in [6, 6.07) is 1.67. The maximum atomic E-state index is 11.8. The van der Waals surface area contributed by atoms with E-state index in [2.05, 4.69) is 4.98 Å². The minimum absolute atomic E-state index is 0.314. The van der Waals surface area contributed by atoms with Crippen molar-refractivity contribution >= 4 is 11.0 Å². The second kappa shape index (κ2) is 3.57. The van der Waals surface area contributed by atoms with Crippen molar-refractivity contribution in [2.45, 2.75) is 6.54 Å². The molecule has 0 spiro atoms. The summed E-state index contributed by atoms with van der Waals surface area (Å²) in [4.78, 5) is 27.5. The number of hydrogen-bond donors (Lipinski definition) is 1. The summed E-state index contributed by atoms with van der Waals surface area (Å²) in [6.07, 6.45) is 1.57. The number of pyridine rings is 1. The van der Waals surface area contributed by atoms with Gasteiger partial charge in [0.2, 0.25) is 0 Å². The average Bonchev–Trinajstić information content (AvgIpc) is 2.33. The molecule has 0 aliphatic rings. The molecule has 16 heavy (non-hydrogen) atoms. The number of nitrogens with zero attached hydrogens (tertiary/aromatic N) is 3. The van der Waals surface area contributed by atoms with Gasteiger partial charge in [0, 0.05) is 26.8 Å². The standard InChI is InChI=1S/C10H12N4O2/c1-13-8-7(3-6(4-11)5-12-8)9(15)14(2)10(13)16/h3,5H,4,11H2,1-2H3. The molecule has 2 rings (SSSR count). The predicted molar refractivity (Wildman–Crippen MR) is 60.1 cm³/mol. The van der Waals surface area contributed by atoms with Gasteiger partial charge in [-0.05, 0) is 11.6 Å². The van der Waals surface area contributed by atoms with Gasteiger partial charge >= 0.3 is 5.69 Å². The highest BCUT2D eigenvalue weighted by Crippen LogP contribution is 2.06. The van der Waals surface area contributed by atoms with Gasteiger partial charge in [0.25, 0.3) is 5.56 Å². The minimum atomic E-state index is -0.384. The van der Waals surface area contributed by atoms with E-state index in [-0.39, 0.29) is 11.2 Å². The van der Waals surface area contributed by atoms with Gasteiger partial charge in [0.1, 0.15) is 5.65 Å². The summed E-state index contributed by atoms with van der Waals surface area (Å²) >= 11 is 0. The largest absolute Gasteiger partial charge is 0.332 e. The van der Waals surface area contributed by atoms with Gasteiger partial charge in [-0.2, -0.15) is 0 Å². The molecule has 0 aliphatic carbocycles. The molecule has 0 fully saturated rings. The molecular weight excluding hydrogens is 208 g/mol. The average molecular weight is 220 g/mol. The highest BCUT2D eigenvalue weighted by atomic mass is 16.2. The number of rotatable bonds is 1. The Hall–Kier alpha value is -1.95. The second-order valence-corrected chi connectivity index (χ2v) is 3.62. The topological polar surface area (TPSA) is 82.9 Å². The van der Waals surface area contributed by atoms with Crippen LogP contribution >= 0.6 is 0 Å². The molecule has 2 aromatic heterocycles. The summed E-state index contributed by atoms with van der Waals surface area (Å²) in [7, 11) is 3.03. The molecule has 0 radical (unpaired) electrons. The lowest BCUT2D eigenvalue weighted by Gasteiger charge is -2.06. The van der Waals surface area contributed by atoms with Crippen LogP contribution in [0.2, 0.25) is 0 Å². The van der Waals surface area contributed by atoms with Crippen LogP contribution in [-0.4, -0.2) is 14.1 Å². The Morgan fingerprint density at radius 1 is 1.31 bits per heavy atom. The van der Waals surface area contributed by atoms with E-state index in [9.17, 15) is 9.59 Å². The first-order chi connectivity index (χ1) is 7.56. The van der Waals surface area contributed by atoms with E-state index >= 15 is 0 Å². The zero-order chi connectivity index (χ0) is 11.9.